The van der Waals surface area contributed by atoms with Crippen LogP contribution in [0.25, 0.3) is 0 Å². The zero-order valence-electron chi connectivity index (χ0n) is 10.4. The lowest BCUT2D eigenvalue weighted by atomic mass is 10.1. The summed E-state index contributed by atoms with van der Waals surface area (Å²) in [6, 6.07) is 5.65. The molecule has 0 atom stereocenters. The lowest BCUT2D eigenvalue weighted by molar-refractivity contribution is -0.385. The van der Waals surface area contributed by atoms with E-state index in [1.165, 1.54) is 0 Å². The van der Waals surface area contributed by atoms with E-state index in [1.54, 1.807) is 0 Å². The predicted octanol–water partition coefficient (Wildman–Crippen LogP) is 2.04. The second-order valence-electron chi connectivity index (χ2n) is 4.13. The Hall–Kier alpha value is -2.70. The number of hydrogen-bond acceptors (Lipinski definition) is 5. The zero-order valence-corrected chi connectivity index (χ0v) is 10.4. The molecule has 2 N–H and O–H groups in total. The van der Waals surface area contributed by atoms with Gasteiger partial charge in [0, 0.05) is 5.69 Å². The molecule has 0 amide bonds. The Bertz CT molecular complexity index is 694. The van der Waals surface area contributed by atoms with Crippen LogP contribution in [0, 0.1) is 24.0 Å². The first-order chi connectivity index (χ1) is 8.99. The largest absolute Gasteiger partial charge is 0.376 e. The number of nitro groups is 1. The quantitative estimate of drug-likeness (QED) is 0.649. The van der Waals surface area contributed by atoms with Crippen molar-refractivity contribution in [3.05, 3.63) is 56.1 Å². The van der Waals surface area contributed by atoms with Gasteiger partial charge < -0.3 is 10.3 Å². The van der Waals surface area contributed by atoms with Crippen LogP contribution in [0.3, 0.4) is 0 Å². The summed E-state index contributed by atoms with van der Waals surface area (Å²) in [5.41, 5.74) is 1.21. The van der Waals surface area contributed by atoms with E-state index in [2.05, 4.69) is 15.3 Å². The first-order valence-corrected chi connectivity index (χ1v) is 5.55. The number of aryl methyl sites for hydroxylation is 2. The summed E-state index contributed by atoms with van der Waals surface area (Å²) < 4.78 is 0. The van der Waals surface area contributed by atoms with Gasteiger partial charge in [0.25, 0.3) is 0 Å². The highest BCUT2D eigenvalue weighted by Crippen LogP contribution is 2.24. The van der Waals surface area contributed by atoms with Gasteiger partial charge in [-0.15, -0.1) is 0 Å². The number of benzene rings is 1. The lowest BCUT2D eigenvalue weighted by Gasteiger charge is -2.09. The first-order valence-electron chi connectivity index (χ1n) is 5.55. The molecule has 1 heterocycles. The van der Waals surface area contributed by atoms with Crippen LogP contribution < -0.4 is 10.9 Å². The SMILES string of the molecule is Cc1ccc(C)c(Nc2nc[nH]c(=O)c2[N+](=O)[O-])c1. The first kappa shape index (κ1) is 12.7. The van der Waals surface area contributed by atoms with Gasteiger partial charge in [-0.2, -0.15) is 0 Å². The molecule has 0 bridgehead atoms. The van der Waals surface area contributed by atoms with E-state index in [1.807, 2.05) is 32.0 Å². The Labute approximate surface area is 108 Å². The normalized spacial score (nSPS) is 10.2. The molecular formula is C12H12N4O3. The minimum absolute atomic E-state index is 0.0672. The van der Waals surface area contributed by atoms with Crippen molar-refractivity contribution in [3.8, 4) is 0 Å². The van der Waals surface area contributed by atoms with Gasteiger partial charge in [-0.1, -0.05) is 12.1 Å². The molecule has 2 rings (SSSR count). The fraction of sp³-hybridized carbons (Fsp3) is 0.167. The summed E-state index contributed by atoms with van der Waals surface area (Å²) in [4.78, 5) is 27.6. The van der Waals surface area contributed by atoms with E-state index in [-0.39, 0.29) is 5.82 Å². The third-order valence-corrected chi connectivity index (χ3v) is 2.66. The predicted molar refractivity (Wildman–Crippen MR) is 70.7 cm³/mol. The van der Waals surface area contributed by atoms with Crippen LogP contribution in [0.15, 0.2) is 29.3 Å². The average molecular weight is 260 g/mol. The number of nitrogens with zero attached hydrogens (tertiary/aromatic N) is 2. The Balaban J connectivity index is 2.50. The van der Waals surface area contributed by atoms with Gasteiger partial charge in [-0.3, -0.25) is 14.9 Å². The maximum Gasteiger partial charge on any atom is 0.376 e. The number of H-pyrrole nitrogens is 1. The van der Waals surface area contributed by atoms with E-state index in [4.69, 9.17) is 0 Å². The minimum atomic E-state index is -0.784. The third-order valence-electron chi connectivity index (χ3n) is 2.66. The van der Waals surface area contributed by atoms with E-state index in [0.29, 0.717) is 5.69 Å². The summed E-state index contributed by atoms with van der Waals surface area (Å²) in [7, 11) is 0. The number of hydrogen-bond donors (Lipinski definition) is 2. The van der Waals surface area contributed by atoms with Crippen molar-refractivity contribution in [2.75, 3.05) is 5.32 Å². The molecular weight excluding hydrogens is 248 g/mol. The Morgan fingerprint density at radius 1 is 1.37 bits per heavy atom. The van der Waals surface area contributed by atoms with Crippen LogP contribution in [0.5, 0.6) is 0 Å². The van der Waals surface area contributed by atoms with Crippen molar-refractivity contribution in [1.82, 2.24) is 9.97 Å². The molecule has 7 nitrogen and oxygen atoms in total. The van der Waals surface area contributed by atoms with Crippen LogP contribution in [0.2, 0.25) is 0 Å². The number of anilines is 2. The molecule has 0 aliphatic heterocycles. The standard InChI is InChI=1S/C12H12N4O3/c1-7-3-4-8(2)9(5-7)15-11-10(16(18)19)12(17)14-6-13-11/h3-6H,1-2H3,(H2,13,14,15,17). The number of rotatable bonds is 3. The van der Waals surface area contributed by atoms with E-state index < -0.39 is 16.2 Å². The number of nitrogens with one attached hydrogen (secondary N) is 2. The summed E-state index contributed by atoms with van der Waals surface area (Å²) in [6.45, 7) is 3.77. The van der Waals surface area contributed by atoms with Crippen LogP contribution in [0.4, 0.5) is 17.2 Å². The van der Waals surface area contributed by atoms with Crippen molar-refractivity contribution in [1.29, 1.82) is 0 Å². The van der Waals surface area contributed by atoms with Crippen LogP contribution >= 0.6 is 0 Å². The van der Waals surface area contributed by atoms with Gasteiger partial charge in [-0.25, -0.2) is 4.98 Å². The summed E-state index contributed by atoms with van der Waals surface area (Å²) in [5, 5.41) is 13.7. The number of aromatic nitrogens is 2. The Morgan fingerprint density at radius 2 is 2.11 bits per heavy atom. The van der Waals surface area contributed by atoms with E-state index >= 15 is 0 Å². The molecule has 19 heavy (non-hydrogen) atoms. The fourth-order valence-electron chi connectivity index (χ4n) is 1.65. The maximum absolute atomic E-state index is 11.4. The Morgan fingerprint density at radius 3 is 2.79 bits per heavy atom. The minimum Gasteiger partial charge on any atom is -0.334 e. The van der Waals surface area contributed by atoms with Crippen molar-refractivity contribution in [3.63, 3.8) is 0 Å². The lowest BCUT2D eigenvalue weighted by Crippen LogP contribution is -2.14. The van der Waals surface area contributed by atoms with Crippen molar-refractivity contribution in [2.45, 2.75) is 13.8 Å². The molecule has 1 aromatic heterocycles. The molecule has 0 saturated heterocycles. The van der Waals surface area contributed by atoms with E-state index in [0.717, 1.165) is 17.5 Å². The molecule has 0 saturated carbocycles. The smallest absolute Gasteiger partial charge is 0.334 e. The Kier molecular flexibility index (Phi) is 3.28. The van der Waals surface area contributed by atoms with E-state index in [9.17, 15) is 14.9 Å². The molecule has 2 aromatic rings. The molecule has 0 aliphatic carbocycles. The zero-order chi connectivity index (χ0) is 14.0. The van der Waals surface area contributed by atoms with Gasteiger partial charge in [0.15, 0.2) is 0 Å². The summed E-state index contributed by atoms with van der Waals surface area (Å²) in [6.07, 6.45) is 1.13. The van der Waals surface area contributed by atoms with Crippen LogP contribution in [-0.2, 0) is 0 Å². The molecule has 1 aromatic carbocycles. The molecule has 98 valence electrons. The van der Waals surface area contributed by atoms with Crippen molar-refractivity contribution >= 4 is 17.2 Å². The molecule has 0 unspecified atom stereocenters. The second-order valence-corrected chi connectivity index (χ2v) is 4.13. The van der Waals surface area contributed by atoms with Crippen LogP contribution in [-0.4, -0.2) is 14.9 Å². The summed E-state index contributed by atoms with van der Waals surface area (Å²) >= 11 is 0. The highest BCUT2D eigenvalue weighted by Gasteiger charge is 2.20. The van der Waals surface area contributed by atoms with Gasteiger partial charge in [0.2, 0.25) is 5.82 Å². The topological polar surface area (TPSA) is 101 Å². The summed E-state index contributed by atoms with van der Waals surface area (Å²) in [5.74, 6) is -0.0672. The molecule has 0 fully saturated rings. The van der Waals surface area contributed by atoms with Gasteiger partial charge in [0.05, 0.1) is 11.3 Å². The van der Waals surface area contributed by atoms with Crippen LogP contribution in [0.1, 0.15) is 11.1 Å². The maximum atomic E-state index is 11.4. The number of aromatic amines is 1. The highest BCUT2D eigenvalue weighted by atomic mass is 16.6. The van der Waals surface area contributed by atoms with Crippen molar-refractivity contribution in [2.24, 2.45) is 0 Å². The average Bonchev–Trinajstić information content (AvgIpc) is 2.33. The molecule has 0 radical (unpaired) electrons. The van der Waals surface area contributed by atoms with Gasteiger partial charge >= 0.3 is 11.2 Å². The second kappa shape index (κ2) is 4.89. The van der Waals surface area contributed by atoms with Gasteiger partial charge in [-0.05, 0) is 31.0 Å². The monoisotopic (exact) mass is 260 g/mol. The third kappa shape index (κ3) is 2.59. The fourth-order valence-corrected chi connectivity index (χ4v) is 1.65. The van der Waals surface area contributed by atoms with Gasteiger partial charge in [0.1, 0.15) is 0 Å². The molecule has 0 aliphatic rings. The molecule has 0 spiro atoms. The van der Waals surface area contributed by atoms with Crippen molar-refractivity contribution < 1.29 is 4.92 Å². The highest BCUT2D eigenvalue weighted by molar-refractivity contribution is 5.67. The molecule has 7 heteroatoms.